The summed E-state index contributed by atoms with van der Waals surface area (Å²) in [7, 11) is 0. The molecule has 2 heteroatoms. The Balaban J connectivity index is 1.79. The molecule has 1 aliphatic heterocycles. The number of ether oxygens (including phenoxy) is 2. The molecule has 0 saturated carbocycles. The molecule has 1 heterocycles. The molecule has 15 heavy (non-hydrogen) atoms. The lowest BCUT2D eigenvalue weighted by Gasteiger charge is -2.13. The van der Waals surface area contributed by atoms with Crippen molar-refractivity contribution in [3.63, 3.8) is 0 Å². The summed E-state index contributed by atoms with van der Waals surface area (Å²) in [5.41, 5.74) is 1.19. The zero-order chi connectivity index (χ0) is 10.3. The van der Waals surface area contributed by atoms with Gasteiger partial charge >= 0.3 is 0 Å². The lowest BCUT2D eigenvalue weighted by molar-refractivity contribution is -0.0251. The van der Waals surface area contributed by atoms with Gasteiger partial charge in [0, 0.05) is 0 Å². The fourth-order valence-corrected chi connectivity index (χ4v) is 1.40. The number of hydrogen-bond donors (Lipinski definition) is 0. The Morgan fingerprint density at radius 2 is 2.33 bits per heavy atom. The lowest BCUT2D eigenvalue weighted by Crippen LogP contribution is -2.09. The molecule has 0 spiro atoms. The highest BCUT2D eigenvalue weighted by molar-refractivity contribution is 5.31. The predicted molar refractivity (Wildman–Crippen MR) is 59.8 cm³/mol. The third-order valence-corrected chi connectivity index (χ3v) is 2.17. The summed E-state index contributed by atoms with van der Waals surface area (Å²) in [6.45, 7) is 0. The van der Waals surface area contributed by atoms with E-state index in [4.69, 9.17) is 9.47 Å². The van der Waals surface area contributed by atoms with Crippen molar-refractivity contribution in [2.24, 2.45) is 0 Å². The molecule has 0 saturated heterocycles. The maximum atomic E-state index is 5.37. The summed E-state index contributed by atoms with van der Waals surface area (Å²) >= 11 is 0. The average molecular weight is 202 g/mol. The summed E-state index contributed by atoms with van der Waals surface area (Å²) in [5, 5.41) is 0. The van der Waals surface area contributed by atoms with Crippen molar-refractivity contribution in [3.8, 4) is 0 Å². The van der Waals surface area contributed by atoms with Crippen LogP contribution in [0.3, 0.4) is 0 Å². The van der Waals surface area contributed by atoms with Gasteiger partial charge in [-0.15, -0.1) is 0 Å². The van der Waals surface area contributed by atoms with E-state index in [1.54, 1.807) is 12.5 Å². The van der Waals surface area contributed by atoms with E-state index < -0.39 is 0 Å². The van der Waals surface area contributed by atoms with Crippen LogP contribution in [0.5, 0.6) is 0 Å². The Morgan fingerprint density at radius 1 is 1.33 bits per heavy atom. The van der Waals surface area contributed by atoms with Crippen LogP contribution in [0.4, 0.5) is 0 Å². The van der Waals surface area contributed by atoms with Gasteiger partial charge in [-0.2, -0.15) is 0 Å². The van der Waals surface area contributed by atoms with Crippen LogP contribution in [-0.4, -0.2) is 6.29 Å². The molecular formula is C13H14O2. The fourth-order valence-electron chi connectivity index (χ4n) is 1.40. The van der Waals surface area contributed by atoms with Crippen molar-refractivity contribution in [3.05, 3.63) is 60.6 Å². The van der Waals surface area contributed by atoms with E-state index >= 15 is 0 Å². The van der Waals surface area contributed by atoms with Crippen molar-refractivity contribution >= 4 is 0 Å². The Labute approximate surface area is 89.9 Å². The average Bonchev–Trinajstić information content (AvgIpc) is 2.32. The first-order valence-corrected chi connectivity index (χ1v) is 5.13. The second kappa shape index (κ2) is 5.25. The zero-order valence-corrected chi connectivity index (χ0v) is 8.50. The summed E-state index contributed by atoms with van der Waals surface area (Å²) in [6.07, 6.45) is 19.2. The third kappa shape index (κ3) is 3.17. The fraction of sp³-hybridized carbons (Fsp3) is 0.231. The van der Waals surface area contributed by atoms with Gasteiger partial charge < -0.3 is 9.47 Å². The monoisotopic (exact) mass is 202 g/mol. The molecule has 2 aliphatic rings. The van der Waals surface area contributed by atoms with Gasteiger partial charge in [0.05, 0.1) is 12.5 Å². The summed E-state index contributed by atoms with van der Waals surface area (Å²) < 4.78 is 10.6. The van der Waals surface area contributed by atoms with Gasteiger partial charge in [-0.1, -0.05) is 24.3 Å². The van der Waals surface area contributed by atoms with E-state index in [9.17, 15) is 0 Å². The first-order valence-electron chi connectivity index (χ1n) is 5.13. The molecule has 0 aromatic carbocycles. The zero-order valence-electron chi connectivity index (χ0n) is 8.50. The number of hydrogen-bond acceptors (Lipinski definition) is 2. The van der Waals surface area contributed by atoms with Crippen LogP contribution in [0.2, 0.25) is 0 Å². The molecule has 0 N–H and O–H groups in total. The minimum atomic E-state index is -0.292. The van der Waals surface area contributed by atoms with Gasteiger partial charge in [0.1, 0.15) is 0 Å². The van der Waals surface area contributed by atoms with Gasteiger partial charge in [-0.3, -0.25) is 0 Å². The first kappa shape index (κ1) is 9.84. The molecule has 78 valence electrons. The van der Waals surface area contributed by atoms with Crippen molar-refractivity contribution in [1.29, 1.82) is 0 Å². The molecule has 0 radical (unpaired) electrons. The van der Waals surface area contributed by atoms with Gasteiger partial charge in [0.25, 0.3) is 6.29 Å². The molecule has 0 aromatic rings. The predicted octanol–water partition coefficient (Wildman–Crippen LogP) is 3.22. The van der Waals surface area contributed by atoms with Gasteiger partial charge in [0.2, 0.25) is 0 Å². The van der Waals surface area contributed by atoms with Crippen molar-refractivity contribution < 1.29 is 9.47 Å². The van der Waals surface area contributed by atoms with Crippen LogP contribution in [-0.2, 0) is 9.47 Å². The van der Waals surface area contributed by atoms with Gasteiger partial charge in [-0.25, -0.2) is 0 Å². The highest BCUT2D eigenvalue weighted by Crippen LogP contribution is 2.11. The molecule has 2 nitrogen and oxygen atoms in total. The van der Waals surface area contributed by atoms with Gasteiger partial charge in [0.15, 0.2) is 0 Å². The number of rotatable bonds is 3. The minimum absolute atomic E-state index is 0.292. The van der Waals surface area contributed by atoms with E-state index in [0.717, 1.165) is 12.8 Å². The lowest BCUT2D eigenvalue weighted by atomic mass is 10.1. The van der Waals surface area contributed by atoms with Crippen LogP contribution in [0.25, 0.3) is 0 Å². The molecular weight excluding hydrogens is 188 g/mol. The second-order valence-electron chi connectivity index (χ2n) is 3.34. The Hall–Kier alpha value is -1.70. The SMILES string of the molecule is C1=COC(OC=CC2=CCCC=C2)C=C1. The topological polar surface area (TPSA) is 18.5 Å². The maximum Gasteiger partial charge on any atom is 0.259 e. The third-order valence-electron chi connectivity index (χ3n) is 2.17. The highest BCUT2D eigenvalue weighted by atomic mass is 16.7. The van der Waals surface area contributed by atoms with E-state index in [2.05, 4.69) is 18.2 Å². The maximum absolute atomic E-state index is 5.37. The second-order valence-corrected chi connectivity index (χ2v) is 3.34. The molecule has 0 aromatic heterocycles. The van der Waals surface area contributed by atoms with Crippen LogP contribution in [0.1, 0.15) is 12.8 Å². The van der Waals surface area contributed by atoms with E-state index in [1.165, 1.54) is 5.57 Å². The normalized spacial score (nSPS) is 24.0. The van der Waals surface area contributed by atoms with E-state index in [-0.39, 0.29) is 6.29 Å². The standard InChI is InChI=1S/C13H14O2/c1-2-6-12(7-3-1)9-11-15-13-8-4-5-10-14-13/h2,4-11,13H,1,3H2. The van der Waals surface area contributed by atoms with Gasteiger partial charge in [-0.05, 0) is 36.6 Å². The molecule has 0 fully saturated rings. The first-order chi connectivity index (χ1) is 7.45. The van der Waals surface area contributed by atoms with Crippen molar-refractivity contribution in [2.45, 2.75) is 19.1 Å². The van der Waals surface area contributed by atoms with Crippen LogP contribution in [0.15, 0.2) is 60.6 Å². The van der Waals surface area contributed by atoms with E-state index in [1.807, 2.05) is 24.3 Å². The molecule has 0 amide bonds. The van der Waals surface area contributed by atoms with Crippen molar-refractivity contribution in [2.75, 3.05) is 0 Å². The minimum Gasteiger partial charge on any atom is -0.459 e. The molecule has 0 bridgehead atoms. The van der Waals surface area contributed by atoms with Crippen LogP contribution >= 0.6 is 0 Å². The summed E-state index contributed by atoms with van der Waals surface area (Å²) in [6, 6.07) is 0. The van der Waals surface area contributed by atoms with Crippen LogP contribution in [0, 0.1) is 0 Å². The largest absolute Gasteiger partial charge is 0.459 e. The Kier molecular flexibility index (Phi) is 3.44. The molecule has 1 aliphatic carbocycles. The molecule has 1 atom stereocenters. The Bertz CT molecular complexity index is 346. The smallest absolute Gasteiger partial charge is 0.259 e. The quantitative estimate of drug-likeness (QED) is 0.654. The summed E-state index contributed by atoms with van der Waals surface area (Å²) in [5.74, 6) is 0. The number of allylic oxidation sites excluding steroid dienone is 7. The molecule has 1 unspecified atom stereocenters. The molecule has 2 rings (SSSR count). The van der Waals surface area contributed by atoms with E-state index in [0.29, 0.717) is 0 Å². The highest BCUT2D eigenvalue weighted by Gasteiger charge is 2.02. The summed E-state index contributed by atoms with van der Waals surface area (Å²) in [4.78, 5) is 0. The van der Waals surface area contributed by atoms with Crippen LogP contribution < -0.4 is 0 Å². The Morgan fingerprint density at radius 3 is 3.07 bits per heavy atom. The van der Waals surface area contributed by atoms with Crippen molar-refractivity contribution in [1.82, 2.24) is 0 Å².